The zero-order chi connectivity index (χ0) is 23.1. The number of nitrogens with zero attached hydrogens (tertiary/aromatic N) is 2. The van der Waals surface area contributed by atoms with Gasteiger partial charge in [-0.05, 0) is 67.9 Å². The SMILES string of the molecule is Cc1cc(C)nc(NS(=O)(=O)c2ccc(NS(=O)(=O)c3ccc4c(c3)CC(=O)N4)cc2)n1. The molecule has 0 spiro atoms. The third-order valence-corrected chi connectivity index (χ3v) is 7.36. The molecule has 2 aromatic carbocycles. The molecule has 0 fully saturated rings. The average Bonchev–Trinajstić information content (AvgIpc) is 3.06. The highest BCUT2D eigenvalue weighted by molar-refractivity contribution is 7.93. The number of aromatic nitrogens is 2. The van der Waals surface area contributed by atoms with Gasteiger partial charge >= 0.3 is 0 Å². The van der Waals surface area contributed by atoms with E-state index in [2.05, 4.69) is 24.7 Å². The van der Waals surface area contributed by atoms with Crippen molar-refractivity contribution < 1.29 is 21.6 Å². The molecule has 1 aromatic heterocycles. The fourth-order valence-electron chi connectivity index (χ4n) is 3.24. The number of benzene rings is 2. The minimum absolute atomic E-state index is 0.00178. The lowest BCUT2D eigenvalue weighted by Crippen LogP contribution is -2.16. The number of nitrogens with one attached hydrogen (secondary N) is 3. The van der Waals surface area contributed by atoms with E-state index in [1.807, 2.05) is 0 Å². The summed E-state index contributed by atoms with van der Waals surface area (Å²) in [6.45, 7) is 3.45. The number of amides is 1. The quantitative estimate of drug-likeness (QED) is 0.497. The Morgan fingerprint density at radius 2 is 1.41 bits per heavy atom. The van der Waals surface area contributed by atoms with Crippen molar-refractivity contribution >= 4 is 43.3 Å². The van der Waals surface area contributed by atoms with Crippen LogP contribution < -0.4 is 14.8 Å². The number of sulfonamides is 2. The first-order chi connectivity index (χ1) is 15.0. The van der Waals surface area contributed by atoms with Crippen LogP contribution in [0, 0.1) is 13.8 Å². The summed E-state index contributed by atoms with van der Waals surface area (Å²) in [4.78, 5) is 19.5. The topological polar surface area (TPSA) is 147 Å². The number of hydrogen-bond acceptors (Lipinski definition) is 7. The normalized spacial score (nSPS) is 13.4. The van der Waals surface area contributed by atoms with Crippen molar-refractivity contribution in [3.63, 3.8) is 0 Å². The second kappa shape index (κ2) is 7.88. The van der Waals surface area contributed by atoms with Gasteiger partial charge in [0.15, 0.2) is 0 Å². The maximum Gasteiger partial charge on any atom is 0.264 e. The van der Waals surface area contributed by atoms with Gasteiger partial charge in [-0.15, -0.1) is 0 Å². The molecule has 0 saturated carbocycles. The standard InChI is InChI=1S/C20H19N5O5S2/c1-12-9-13(2)22-20(21-12)25-31(27,28)16-5-3-15(4-6-16)24-32(29,30)17-7-8-18-14(10-17)11-19(26)23-18/h3-10,24H,11H2,1-2H3,(H,23,26)(H,21,22,25). The molecule has 0 atom stereocenters. The molecule has 4 rings (SSSR count). The minimum Gasteiger partial charge on any atom is -0.326 e. The first kappa shape index (κ1) is 21.7. The molecule has 0 unspecified atom stereocenters. The van der Waals surface area contributed by atoms with Crippen LogP contribution in [0.4, 0.5) is 17.3 Å². The number of hydrogen-bond donors (Lipinski definition) is 3. The summed E-state index contributed by atoms with van der Waals surface area (Å²) in [6, 6.07) is 11.3. The summed E-state index contributed by atoms with van der Waals surface area (Å²) >= 11 is 0. The van der Waals surface area contributed by atoms with Crippen LogP contribution >= 0.6 is 0 Å². The van der Waals surface area contributed by atoms with E-state index in [4.69, 9.17) is 0 Å². The van der Waals surface area contributed by atoms with Crippen LogP contribution in [0.25, 0.3) is 0 Å². The Hall–Kier alpha value is -3.51. The Bertz CT molecular complexity index is 1420. The fourth-order valence-corrected chi connectivity index (χ4v) is 5.29. The molecule has 166 valence electrons. The lowest BCUT2D eigenvalue weighted by Gasteiger charge is -2.11. The van der Waals surface area contributed by atoms with E-state index in [9.17, 15) is 21.6 Å². The van der Waals surface area contributed by atoms with Crippen molar-refractivity contribution in [2.45, 2.75) is 30.1 Å². The van der Waals surface area contributed by atoms with Gasteiger partial charge in [-0.25, -0.2) is 31.5 Å². The van der Waals surface area contributed by atoms with E-state index >= 15 is 0 Å². The molecular weight excluding hydrogens is 454 g/mol. The third kappa shape index (κ3) is 4.55. The highest BCUT2D eigenvalue weighted by Gasteiger charge is 2.22. The average molecular weight is 474 g/mol. The summed E-state index contributed by atoms with van der Waals surface area (Å²) in [5, 5.41) is 2.64. The van der Waals surface area contributed by atoms with Crippen molar-refractivity contribution in [2.24, 2.45) is 0 Å². The Morgan fingerprint density at radius 1 is 0.812 bits per heavy atom. The smallest absolute Gasteiger partial charge is 0.264 e. The molecule has 1 amide bonds. The number of carbonyl (C=O) groups excluding carboxylic acids is 1. The summed E-state index contributed by atoms with van der Waals surface area (Å²) in [7, 11) is -7.90. The number of fused-ring (bicyclic) bond motifs is 1. The van der Waals surface area contributed by atoms with Crippen LogP contribution in [0.1, 0.15) is 17.0 Å². The van der Waals surface area contributed by atoms with E-state index in [-0.39, 0.29) is 33.8 Å². The summed E-state index contributed by atoms with van der Waals surface area (Å²) < 4.78 is 55.4. The number of aryl methyl sites for hydroxylation is 2. The predicted molar refractivity (Wildman–Crippen MR) is 118 cm³/mol. The molecule has 3 aromatic rings. The van der Waals surface area contributed by atoms with Gasteiger partial charge in [0.25, 0.3) is 20.0 Å². The van der Waals surface area contributed by atoms with Crippen LogP contribution in [0.3, 0.4) is 0 Å². The van der Waals surface area contributed by atoms with Gasteiger partial charge in [-0.3, -0.25) is 9.52 Å². The highest BCUT2D eigenvalue weighted by atomic mass is 32.2. The molecule has 2 heterocycles. The molecule has 3 N–H and O–H groups in total. The van der Waals surface area contributed by atoms with Crippen molar-refractivity contribution in [1.82, 2.24) is 9.97 Å². The molecule has 1 aliphatic rings. The molecule has 32 heavy (non-hydrogen) atoms. The molecule has 10 nitrogen and oxygen atoms in total. The van der Waals surface area contributed by atoms with Gasteiger partial charge in [0.05, 0.1) is 16.2 Å². The zero-order valence-electron chi connectivity index (χ0n) is 17.1. The molecule has 0 aliphatic carbocycles. The Balaban J connectivity index is 1.52. The molecule has 1 aliphatic heterocycles. The van der Waals surface area contributed by atoms with Gasteiger partial charge < -0.3 is 5.32 Å². The number of rotatable bonds is 6. The maximum absolute atomic E-state index is 12.7. The number of anilines is 3. The van der Waals surface area contributed by atoms with Gasteiger partial charge in [0.1, 0.15) is 0 Å². The van der Waals surface area contributed by atoms with E-state index in [1.165, 1.54) is 42.5 Å². The van der Waals surface area contributed by atoms with E-state index in [0.29, 0.717) is 22.6 Å². The second-order valence-electron chi connectivity index (χ2n) is 7.25. The van der Waals surface area contributed by atoms with Crippen LogP contribution in [-0.4, -0.2) is 32.7 Å². The second-order valence-corrected chi connectivity index (χ2v) is 10.6. The van der Waals surface area contributed by atoms with E-state index < -0.39 is 20.0 Å². The Morgan fingerprint density at radius 3 is 2.06 bits per heavy atom. The van der Waals surface area contributed by atoms with Crippen molar-refractivity contribution in [2.75, 3.05) is 14.8 Å². The third-order valence-electron chi connectivity index (χ3n) is 4.64. The van der Waals surface area contributed by atoms with Crippen LogP contribution in [0.15, 0.2) is 58.3 Å². The molecular formula is C20H19N5O5S2. The summed E-state index contributed by atoms with van der Waals surface area (Å²) in [5.74, 6) is -0.240. The first-order valence-corrected chi connectivity index (χ1v) is 12.4. The largest absolute Gasteiger partial charge is 0.326 e. The predicted octanol–water partition coefficient (Wildman–Crippen LogP) is 2.19. The fraction of sp³-hybridized carbons (Fsp3) is 0.150. The van der Waals surface area contributed by atoms with Gasteiger partial charge in [-0.1, -0.05) is 0 Å². The summed E-state index contributed by atoms with van der Waals surface area (Å²) in [5.41, 5.74) is 2.60. The molecule has 12 heteroatoms. The number of carbonyl (C=O) groups is 1. The summed E-state index contributed by atoms with van der Waals surface area (Å²) in [6.07, 6.45) is 0.114. The van der Waals surface area contributed by atoms with Crippen molar-refractivity contribution in [1.29, 1.82) is 0 Å². The van der Waals surface area contributed by atoms with Crippen LogP contribution in [-0.2, 0) is 31.3 Å². The van der Waals surface area contributed by atoms with E-state index in [1.54, 1.807) is 19.9 Å². The van der Waals surface area contributed by atoms with Crippen molar-refractivity contribution in [3.8, 4) is 0 Å². The maximum atomic E-state index is 12.7. The van der Waals surface area contributed by atoms with Crippen LogP contribution in [0.2, 0.25) is 0 Å². The Labute approximate surface area is 185 Å². The van der Waals surface area contributed by atoms with Gasteiger partial charge in [0.2, 0.25) is 11.9 Å². The molecule has 0 radical (unpaired) electrons. The van der Waals surface area contributed by atoms with Crippen LogP contribution in [0.5, 0.6) is 0 Å². The molecule has 0 saturated heterocycles. The zero-order valence-corrected chi connectivity index (χ0v) is 18.7. The van der Waals surface area contributed by atoms with Gasteiger partial charge in [0, 0.05) is 22.8 Å². The van der Waals surface area contributed by atoms with Gasteiger partial charge in [-0.2, -0.15) is 0 Å². The molecule has 0 bridgehead atoms. The monoisotopic (exact) mass is 473 g/mol. The first-order valence-electron chi connectivity index (χ1n) is 9.43. The highest BCUT2D eigenvalue weighted by Crippen LogP contribution is 2.27. The minimum atomic E-state index is -3.96. The Kier molecular flexibility index (Phi) is 5.34. The van der Waals surface area contributed by atoms with E-state index in [0.717, 1.165) is 0 Å². The lowest BCUT2D eigenvalue weighted by atomic mass is 10.2. The van der Waals surface area contributed by atoms with Crippen molar-refractivity contribution in [3.05, 3.63) is 65.5 Å². The lowest BCUT2D eigenvalue weighted by molar-refractivity contribution is -0.115.